The van der Waals surface area contributed by atoms with E-state index in [0.29, 0.717) is 17.0 Å². The molecule has 0 fully saturated rings. The van der Waals surface area contributed by atoms with Crippen LogP contribution in [0.15, 0.2) is 48.5 Å². The van der Waals surface area contributed by atoms with Gasteiger partial charge in [0.2, 0.25) is 5.91 Å². The normalized spacial score (nSPS) is 10.2. The number of thioether (sulfide) groups is 1. The van der Waals surface area contributed by atoms with Gasteiger partial charge in [-0.2, -0.15) is 0 Å². The third-order valence-corrected chi connectivity index (χ3v) is 4.01. The first-order chi connectivity index (χ1) is 11.1. The fourth-order valence-corrected chi connectivity index (χ4v) is 2.63. The van der Waals surface area contributed by atoms with E-state index in [1.807, 2.05) is 12.1 Å². The lowest BCUT2D eigenvalue weighted by Gasteiger charge is -2.06. The van der Waals surface area contributed by atoms with Crippen LogP contribution < -0.4 is 5.32 Å². The number of halogens is 1. The van der Waals surface area contributed by atoms with Crippen molar-refractivity contribution >= 4 is 29.3 Å². The van der Waals surface area contributed by atoms with Gasteiger partial charge < -0.3 is 10.1 Å². The number of hydrogen-bond donors (Lipinski definition) is 1. The van der Waals surface area contributed by atoms with Gasteiger partial charge >= 0.3 is 5.97 Å². The van der Waals surface area contributed by atoms with Crippen LogP contribution >= 0.6 is 11.8 Å². The van der Waals surface area contributed by atoms with Gasteiger partial charge in [0.1, 0.15) is 5.82 Å². The maximum atomic E-state index is 12.8. The van der Waals surface area contributed by atoms with Gasteiger partial charge in [0, 0.05) is 11.4 Å². The van der Waals surface area contributed by atoms with Crippen molar-refractivity contribution in [2.24, 2.45) is 0 Å². The molecule has 0 radical (unpaired) electrons. The number of benzene rings is 2. The molecular weight excluding hydrogens is 317 g/mol. The van der Waals surface area contributed by atoms with Crippen molar-refractivity contribution in [3.8, 4) is 0 Å². The molecule has 0 aliphatic carbocycles. The minimum atomic E-state index is -0.372. The summed E-state index contributed by atoms with van der Waals surface area (Å²) in [7, 11) is 1.34. The summed E-state index contributed by atoms with van der Waals surface area (Å²) in [6, 6.07) is 12.7. The summed E-state index contributed by atoms with van der Waals surface area (Å²) >= 11 is 1.45. The lowest BCUT2D eigenvalue weighted by atomic mass is 10.1. The first-order valence-electron chi connectivity index (χ1n) is 6.89. The third kappa shape index (κ3) is 5.41. The van der Waals surface area contributed by atoms with Crippen LogP contribution in [0.5, 0.6) is 0 Å². The number of hydrogen-bond acceptors (Lipinski definition) is 4. The molecule has 6 heteroatoms. The summed E-state index contributed by atoms with van der Waals surface area (Å²) in [5.74, 6) is 0.0810. The van der Waals surface area contributed by atoms with Crippen molar-refractivity contribution in [1.29, 1.82) is 0 Å². The monoisotopic (exact) mass is 333 g/mol. The van der Waals surface area contributed by atoms with Crippen molar-refractivity contribution in [1.82, 2.24) is 0 Å². The van der Waals surface area contributed by atoms with Crippen LogP contribution in [0.3, 0.4) is 0 Å². The first kappa shape index (κ1) is 17.0. The Balaban J connectivity index is 1.77. The van der Waals surface area contributed by atoms with Gasteiger partial charge in [0.25, 0.3) is 0 Å². The molecule has 0 saturated carbocycles. The number of carbonyl (C=O) groups excluding carboxylic acids is 2. The highest BCUT2D eigenvalue weighted by molar-refractivity contribution is 7.99. The van der Waals surface area contributed by atoms with E-state index in [4.69, 9.17) is 0 Å². The van der Waals surface area contributed by atoms with Gasteiger partial charge in [-0.15, -0.1) is 11.8 Å². The minimum absolute atomic E-state index is 0.146. The highest BCUT2D eigenvalue weighted by atomic mass is 32.2. The Morgan fingerprint density at radius 3 is 2.35 bits per heavy atom. The number of esters is 1. The lowest BCUT2D eigenvalue weighted by Crippen LogP contribution is -2.14. The first-order valence-corrected chi connectivity index (χ1v) is 8.04. The van der Waals surface area contributed by atoms with E-state index >= 15 is 0 Å². The molecule has 1 N–H and O–H groups in total. The quantitative estimate of drug-likeness (QED) is 0.822. The summed E-state index contributed by atoms with van der Waals surface area (Å²) in [6.07, 6.45) is 0. The fourth-order valence-electron chi connectivity index (χ4n) is 1.85. The molecule has 0 unspecified atom stereocenters. The molecule has 23 heavy (non-hydrogen) atoms. The number of carbonyl (C=O) groups is 2. The molecular formula is C17H16FNO3S. The Hall–Kier alpha value is -2.34. The summed E-state index contributed by atoms with van der Waals surface area (Å²) in [6.45, 7) is 0. The molecule has 1 amide bonds. The number of amides is 1. The number of rotatable bonds is 6. The lowest BCUT2D eigenvalue weighted by molar-refractivity contribution is -0.113. The highest BCUT2D eigenvalue weighted by Crippen LogP contribution is 2.15. The number of methoxy groups -OCH3 is 1. The van der Waals surface area contributed by atoms with Gasteiger partial charge in [-0.3, -0.25) is 4.79 Å². The van der Waals surface area contributed by atoms with E-state index in [-0.39, 0.29) is 23.4 Å². The summed E-state index contributed by atoms with van der Waals surface area (Å²) in [5, 5.41) is 2.70. The molecule has 0 bridgehead atoms. The second kappa shape index (κ2) is 8.33. The topological polar surface area (TPSA) is 55.4 Å². The zero-order valence-corrected chi connectivity index (χ0v) is 13.4. The zero-order valence-electron chi connectivity index (χ0n) is 12.5. The molecule has 2 aromatic carbocycles. The largest absolute Gasteiger partial charge is 0.465 e. The molecule has 4 nitrogen and oxygen atoms in total. The molecule has 0 heterocycles. The third-order valence-electron chi connectivity index (χ3n) is 3.00. The molecule has 2 rings (SSSR count). The van der Waals surface area contributed by atoms with Crippen LogP contribution in [-0.2, 0) is 15.3 Å². The highest BCUT2D eigenvalue weighted by Gasteiger charge is 2.06. The molecule has 0 aliphatic heterocycles. The second-order valence-corrected chi connectivity index (χ2v) is 5.72. The molecule has 0 saturated heterocycles. The van der Waals surface area contributed by atoms with Crippen molar-refractivity contribution in [2.45, 2.75) is 5.75 Å². The van der Waals surface area contributed by atoms with Gasteiger partial charge in [-0.05, 0) is 42.0 Å². The SMILES string of the molecule is COC(=O)c1ccc(CSCC(=O)Nc2ccc(F)cc2)cc1. The predicted molar refractivity (Wildman–Crippen MR) is 89.0 cm³/mol. The molecule has 0 aliphatic rings. The van der Waals surface area contributed by atoms with Crippen LogP contribution in [-0.4, -0.2) is 24.7 Å². The number of anilines is 1. The molecule has 0 aromatic heterocycles. The van der Waals surface area contributed by atoms with E-state index < -0.39 is 0 Å². The van der Waals surface area contributed by atoms with Gasteiger partial charge in [-0.25, -0.2) is 9.18 Å². The van der Waals surface area contributed by atoms with Crippen molar-refractivity contribution in [2.75, 3.05) is 18.2 Å². The standard InChI is InChI=1S/C17H16FNO3S/c1-22-17(21)13-4-2-12(3-5-13)10-23-11-16(20)19-15-8-6-14(18)7-9-15/h2-9H,10-11H2,1H3,(H,19,20). The second-order valence-electron chi connectivity index (χ2n) is 4.74. The van der Waals surface area contributed by atoms with Gasteiger partial charge in [0.05, 0.1) is 18.4 Å². The fraction of sp³-hybridized carbons (Fsp3) is 0.176. The Kier molecular flexibility index (Phi) is 6.17. The van der Waals surface area contributed by atoms with E-state index in [1.165, 1.54) is 43.1 Å². The van der Waals surface area contributed by atoms with Crippen molar-refractivity contribution in [3.63, 3.8) is 0 Å². The Labute approximate surface area is 138 Å². The summed E-state index contributed by atoms with van der Waals surface area (Å²) in [5.41, 5.74) is 2.08. The smallest absolute Gasteiger partial charge is 0.337 e. The molecule has 2 aromatic rings. The van der Waals surface area contributed by atoms with E-state index in [2.05, 4.69) is 10.1 Å². The van der Waals surface area contributed by atoms with Crippen LogP contribution in [0.4, 0.5) is 10.1 Å². The summed E-state index contributed by atoms with van der Waals surface area (Å²) < 4.78 is 17.4. The Morgan fingerprint density at radius 1 is 1.09 bits per heavy atom. The zero-order chi connectivity index (χ0) is 16.7. The average molecular weight is 333 g/mol. The molecule has 0 spiro atoms. The van der Waals surface area contributed by atoms with E-state index in [0.717, 1.165) is 5.56 Å². The Bertz CT molecular complexity index is 671. The number of ether oxygens (including phenoxy) is 1. The maximum absolute atomic E-state index is 12.8. The maximum Gasteiger partial charge on any atom is 0.337 e. The van der Waals surface area contributed by atoms with Crippen LogP contribution in [0.25, 0.3) is 0 Å². The van der Waals surface area contributed by atoms with E-state index in [1.54, 1.807) is 12.1 Å². The van der Waals surface area contributed by atoms with Crippen LogP contribution in [0.1, 0.15) is 15.9 Å². The van der Waals surface area contributed by atoms with Crippen molar-refractivity contribution < 1.29 is 18.7 Å². The molecule has 0 atom stereocenters. The summed E-state index contributed by atoms with van der Waals surface area (Å²) in [4.78, 5) is 23.1. The average Bonchev–Trinajstić information content (AvgIpc) is 2.57. The Morgan fingerprint density at radius 2 is 1.74 bits per heavy atom. The predicted octanol–water partition coefficient (Wildman–Crippen LogP) is 3.48. The van der Waals surface area contributed by atoms with Crippen molar-refractivity contribution in [3.05, 3.63) is 65.5 Å². The molecule has 120 valence electrons. The van der Waals surface area contributed by atoms with Gasteiger partial charge in [-0.1, -0.05) is 12.1 Å². The minimum Gasteiger partial charge on any atom is -0.465 e. The van der Waals surface area contributed by atoms with Crippen LogP contribution in [0.2, 0.25) is 0 Å². The number of nitrogens with one attached hydrogen (secondary N) is 1. The van der Waals surface area contributed by atoms with Gasteiger partial charge in [0.15, 0.2) is 0 Å². The van der Waals surface area contributed by atoms with E-state index in [9.17, 15) is 14.0 Å². The van der Waals surface area contributed by atoms with Crippen LogP contribution in [0, 0.1) is 5.82 Å².